The summed E-state index contributed by atoms with van der Waals surface area (Å²) in [4.78, 5) is 29.3. The van der Waals surface area contributed by atoms with Gasteiger partial charge in [-0.2, -0.15) is 0 Å². The van der Waals surface area contributed by atoms with Gasteiger partial charge in [0.2, 0.25) is 15.9 Å². The summed E-state index contributed by atoms with van der Waals surface area (Å²) in [5, 5.41) is 3.73. The molecule has 2 aliphatic heterocycles. The van der Waals surface area contributed by atoms with Crippen LogP contribution in [0.15, 0.2) is 66.9 Å². The van der Waals surface area contributed by atoms with Crippen molar-refractivity contribution in [3.8, 4) is 11.4 Å². The van der Waals surface area contributed by atoms with Crippen molar-refractivity contribution < 1.29 is 17.9 Å². The average Bonchev–Trinajstić information content (AvgIpc) is 3.31. The van der Waals surface area contributed by atoms with Crippen LogP contribution >= 0.6 is 0 Å². The number of nitrogens with one attached hydrogen (secondary N) is 1. The van der Waals surface area contributed by atoms with Crippen LogP contribution < -0.4 is 14.5 Å². The number of hydrogen-bond donors (Lipinski definition) is 1. The number of hydrogen-bond acceptors (Lipinski definition) is 8. The van der Waals surface area contributed by atoms with E-state index in [-0.39, 0.29) is 30.3 Å². The first-order valence-corrected chi connectivity index (χ1v) is 15.4. The number of nitrogens with zero attached hydrogens (tertiary/aromatic N) is 5. The van der Waals surface area contributed by atoms with Crippen molar-refractivity contribution in [3.05, 3.63) is 72.6 Å². The average molecular weight is 573 g/mol. The Hall–Kier alpha value is -4.09. The number of pyridine rings is 3. The van der Waals surface area contributed by atoms with Crippen LogP contribution in [0.1, 0.15) is 26.0 Å². The lowest BCUT2D eigenvalue weighted by Crippen LogP contribution is -2.45. The lowest BCUT2D eigenvalue weighted by atomic mass is 10.1. The minimum Gasteiger partial charge on any atom is -0.372 e. The second-order valence-electron chi connectivity index (χ2n) is 10.6. The van der Waals surface area contributed by atoms with E-state index >= 15 is 0 Å². The summed E-state index contributed by atoms with van der Waals surface area (Å²) in [6, 6.07) is 18.6. The van der Waals surface area contributed by atoms with E-state index in [1.807, 2.05) is 36.4 Å². The van der Waals surface area contributed by atoms with Gasteiger partial charge >= 0.3 is 0 Å². The number of morpholine rings is 1. The molecule has 2 saturated heterocycles. The Morgan fingerprint density at radius 1 is 1.00 bits per heavy atom. The standard InChI is InChI=1S/C30H32N6O4S/c1-20-18-35(19-21(2)40-20)29-9-4-8-26(34-29)27-11-10-22-17-31-24(15-28(22)33-27)16-30(37)32-23-6-3-7-25(14-23)36-12-5-13-41(36,38)39/h3-4,6-11,14-15,17,20-21H,5,12-13,16,18-19H2,1-2H3,(H,32,37)/t20-,21+. The number of carbonyl (C=O) groups excluding carboxylic acids is 1. The second-order valence-corrected chi connectivity index (χ2v) is 12.6. The highest BCUT2D eigenvalue weighted by Gasteiger charge is 2.28. The van der Waals surface area contributed by atoms with Crippen molar-refractivity contribution in [2.24, 2.45) is 0 Å². The molecule has 0 bridgehead atoms. The van der Waals surface area contributed by atoms with E-state index in [4.69, 9.17) is 14.7 Å². The van der Waals surface area contributed by atoms with Crippen LogP contribution in [0.25, 0.3) is 22.3 Å². The number of carbonyl (C=O) groups is 1. The van der Waals surface area contributed by atoms with Gasteiger partial charge in [0, 0.05) is 36.9 Å². The van der Waals surface area contributed by atoms with E-state index in [1.54, 1.807) is 30.5 Å². The summed E-state index contributed by atoms with van der Waals surface area (Å²) in [7, 11) is -3.30. The number of amides is 1. The van der Waals surface area contributed by atoms with Gasteiger partial charge in [-0.15, -0.1) is 0 Å². The predicted molar refractivity (Wildman–Crippen MR) is 160 cm³/mol. The number of ether oxygens (including phenoxy) is 1. The van der Waals surface area contributed by atoms with Crippen LogP contribution in [0.4, 0.5) is 17.2 Å². The number of sulfonamides is 1. The fourth-order valence-electron chi connectivity index (χ4n) is 5.44. The van der Waals surface area contributed by atoms with Crippen molar-refractivity contribution in [1.82, 2.24) is 15.0 Å². The Balaban J connectivity index is 1.18. The number of fused-ring (bicyclic) bond motifs is 1. The molecule has 5 heterocycles. The zero-order chi connectivity index (χ0) is 28.6. The summed E-state index contributed by atoms with van der Waals surface area (Å²) in [5.74, 6) is 0.781. The third-order valence-electron chi connectivity index (χ3n) is 7.23. The van der Waals surface area contributed by atoms with Crippen LogP contribution in [-0.2, 0) is 26.0 Å². The van der Waals surface area contributed by atoms with Crippen LogP contribution in [0.3, 0.4) is 0 Å². The maximum absolute atomic E-state index is 12.9. The SMILES string of the molecule is C[C@@H]1CN(c2cccc(-c3ccc4cnc(CC(=O)Nc5cccc(N6CCCS6(=O)=O)c5)cc4n3)n2)C[C@H](C)O1. The minimum atomic E-state index is -3.30. The zero-order valence-electron chi connectivity index (χ0n) is 23.0. The monoisotopic (exact) mass is 572 g/mol. The molecular weight excluding hydrogens is 540 g/mol. The molecule has 212 valence electrons. The lowest BCUT2D eigenvalue weighted by Gasteiger charge is -2.36. The van der Waals surface area contributed by atoms with Crippen molar-refractivity contribution in [2.75, 3.05) is 39.9 Å². The van der Waals surface area contributed by atoms with Gasteiger partial charge in [-0.25, -0.2) is 18.4 Å². The molecule has 0 unspecified atom stereocenters. The summed E-state index contributed by atoms with van der Waals surface area (Å²) < 4.78 is 31.8. The van der Waals surface area contributed by atoms with E-state index in [0.29, 0.717) is 30.0 Å². The second kappa shape index (κ2) is 11.1. The molecule has 6 rings (SSSR count). The van der Waals surface area contributed by atoms with Crippen LogP contribution in [0.2, 0.25) is 0 Å². The number of anilines is 3. The van der Waals surface area contributed by atoms with Crippen molar-refractivity contribution >= 4 is 44.0 Å². The molecule has 2 aliphatic rings. The first kappa shape index (κ1) is 27.1. The van der Waals surface area contributed by atoms with E-state index in [1.165, 1.54) is 4.31 Å². The minimum absolute atomic E-state index is 0.0508. The molecule has 4 aromatic rings. The third kappa shape index (κ3) is 6.01. The molecule has 1 N–H and O–H groups in total. The first-order chi connectivity index (χ1) is 19.7. The van der Waals surface area contributed by atoms with Gasteiger partial charge in [-0.05, 0) is 68.8 Å². The quantitative estimate of drug-likeness (QED) is 0.368. The lowest BCUT2D eigenvalue weighted by molar-refractivity contribution is -0.115. The summed E-state index contributed by atoms with van der Waals surface area (Å²) >= 11 is 0. The zero-order valence-corrected chi connectivity index (χ0v) is 23.8. The molecule has 0 radical (unpaired) electrons. The Morgan fingerprint density at radius 3 is 2.56 bits per heavy atom. The Morgan fingerprint density at radius 2 is 1.78 bits per heavy atom. The van der Waals surface area contributed by atoms with Crippen LogP contribution in [0, 0.1) is 0 Å². The van der Waals surface area contributed by atoms with Crippen LogP contribution in [-0.4, -0.2) is 66.9 Å². The smallest absolute Gasteiger partial charge is 0.235 e. The molecule has 0 saturated carbocycles. The maximum atomic E-state index is 12.9. The summed E-state index contributed by atoms with van der Waals surface area (Å²) in [6.07, 6.45) is 2.63. The van der Waals surface area contributed by atoms with Gasteiger partial charge in [0.05, 0.1) is 52.7 Å². The first-order valence-electron chi connectivity index (χ1n) is 13.8. The van der Waals surface area contributed by atoms with Crippen molar-refractivity contribution in [3.63, 3.8) is 0 Å². The highest BCUT2D eigenvalue weighted by molar-refractivity contribution is 7.93. The molecule has 1 aromatic carbocycles. The molecular formula is C30H32N6O4S. The van der Waals surface area contributed by atoms with Gasteiger partial charge in [0.1, 0.15) is 5.82 Å². The fraction of sp³-hybridized carbons (Fsp3) is 0.333. The molecule has 1 amide bonds. The Labute approximate surface area is 239 Å². The maximum Gasteiger partial charge on any atom is 0.235 e. The molecule has 2 fully saturated rings. The molecule has 0 aliphatic carbocycles. The fourth-order valence-corrected chi connectivity index (χ4v) is 7.00. The number of benzene rings is 1. The highest BCUT2D eigenvalue weighted by atomic mass is 32.2. The molecule has 10 nitrogen and oxygen atoms in total. The van der Waals surface area contributed by atoms with E-state index in [2.05, 4.69) is 29.0 Å². The largest absolute Gasteiger partial charge is 0.372 e. The summed E-state index contributed by atoms with van der Waals surface area (Å²) in [5.41, 5.74) is 3.90. The van der Waals surface area contributed by atoms with Gasteiger partial charge in [-0.1, -0.05) is 12.1 Å². The molecule has 2 atom stereocenters. The molecule has 3 aromatic heterocycles. The van der Waals surface area contributed by atoms with Gasteiger partial charge in [0.15, 0.2) is 0 Å². The van der Waals surface area contributed by atoms with Crippen molar-refractivity contribution in [2.45, 2.75) is 38.9 Å². The predicted octanol–water partition coefficient (Wildman–Crippen LogP) is 4.03. The normalized spacial score (nSPS) is 20.3. The van der Waals surface area contributed by atoms with Crippen LogP contribution in [0.5, 0.6) is 0 Å². The highest BCUT2D eigenvalue weighted by Crippen LogP contribution is 2.27. The van der Waals surface area contributed by atoms with Gasteiger partial charge in [-0.3, -0.25) is 14.1 Å². The Bertz CT molecular complexity index is 1700. The molecule has 11 heteroatoms. The number of aromatic nitrogens is 3. The topological polar surface area (TPSA) is 118 Å². The van der Waals surface area contributed by atoms with Gasteiger partial charge in [0.25, 0.3) is 0 Å². The third-order valence-corrected chi connectivity index (χ3v) is 9.10. The Kier molecular flexibility index (Phi) is 7.31. The van der Waals surface area contributed by atoms with E-state index < -0.39 is 10.0 Å². The van der Waals surface area contributed by atoms with E-state index in [0.717, 1.165) is 41.2 Å². The van der Waals surface area contributed by atoms with Crippen molar-refractivity contribution in [1.29, 1.82) is 0 Å². The van der Waals surface area contributed by atoms with Gasteiger partial charge < -0.3 is 15.0 Å². The number of rotatable bonds is 6. The molecule has 41 heavy (non-hydrogen) atoms. The summed E-state index contributed by atoms with van der Waals surface area (Å²) in [6.45, 7) is 6.15. The molecule has 0 spiro atoms. The van der Waals surface area contributed by atoms with E-state index in [9.17, 15) is 13.2 Å².